The third kappa shape index (κ3) is 8.22. The van der Waals surface area contributed by atoms with Gasteiger partial charge in [0.1, 0.15) is 0 Å². The Bertz CT molecular complexity index is 103. The average molecular weight is 189 g/mol. The molecular formula is C10H23NO2. The summed E-state index contributed by atoms with van der Waals surface area (Å²) in [6.45, 7) is 12.7. The van der Waals surface area contributed by atoms with E-state index in [-0.39, 0.29) is 0 Å². The van der Waals surface area contributed by atoms with Crippen LogP contribution in [0, 0.1) is 11.8 Å². The number of nitrogens with zero attached hydrogens (tertiary/aromatic N) is 1. The van der Waals surface area contributed by atoms with E-state index in [1.54, 1.807) is 5.23 Å². The number of hydrogen-bond acceptors (Lipinski definition) is 3. The molecule has 0 atom stereocenters. The zero-order valence-corrected chi connectivity index (χ0v) is 9.54. The number of hydroxylamine groups is 2. The van der Waals surface area contributed by atoms with Gasteiger partial charge in [0.2, 0.25) is 0 Å². The normalized spacial score (nSPS) is 12.0. The minimum atomic E-state index is 0.539. The SMILES string of the molecule is CCN(OCC(C)C)OCC(C)C. The summed E-state index contributed by atoms with van der Waals surface area (Å²) < 4.78 is 0. The Balaban J connectivity index is 3.51. The summed E-state index contributed by atoms with van der Waals surface area (Å²) in [5.74, 6) is 1.08. The summed E-state index contributed by atoms with van der Waals surface area (Å²) in [4.78, 5) is 10.8. The third-order valence-corrected chi connectivity index (χ3v) is 1.36. The molecule has 0 saturated carbocycles. The Hall–Kier alpha value is -0.120. The van der Waals surface area contributed by atoms with Crippen LogP contribution in [-0.4, -0.2) is 25.0 Å². The molecule has 0 saturated heterocycles. The van der Waals surface area contributed by atoms with Crippen LogP contribution in [0.5, 0.6) is 0 Å². The van der Waals surface area contributed by atoms with Crippen LogP contribution in [0.4, 0.5) is 0 Å². The van der Waals surface area contributed by atoms with Crippen LogP contribution in [0.3, 0.4) is 0 Å². The molecule has 0 rings (SSSR count). The summed E-state index contributed by atoms with van der Waals surface area (Å²) >= 11 is 0. The fraction of sp³-hybridized carbons (Fsp3) is 1.00. The average Bonchev–Trinajstić information content (AvgIpc) is 2.04. The van der Waals surface area contributed by atoms with E-state index in [1.165, 1.54) is 0 Å². The lowest BCUT2D eigenvalue weighted by molar-refractivity contribution is -0.371. The van der Waals surface area contributed by atoms with Gasteiger partial charge in [-0.05, 0) is 18.8 Å². The van der Waals surface area contributed by atoms with Gasteiger partial charge in [0.05, 0.1) is 13.2 Å². The van der Waals surface area contributed by atoms with Crippen molar-refractivity contribution < 1.29 is 9.68 Å². The minimum absolute atomic E-state index is 0.539. The van der Waals surface area contributed by atoms with Crippen molar-refractivity contribution in [3.8, 4) is 0 Å². The molecule has 0 aliphatic heterocycles. The van der Waals surface area contributed by atoms with Crippen molar-refractivity contribution >= 4 is 0 Å². The minimum Gasteiger partial charge on any atom is -0.274 e. The van der Waals surface area contributed by atoms with Crippen molar-refractivity contribution in [1.29, 1.82) is 0 Å². The Morgan fingerprint density at radius 2 is 1.31 bits per heavy atom. The second kappa shape index (κ2) is 7.30. The first kappa shape index (κ1) is 12.9. The summed E-state index contributed by atoms with van der Waals surface area (Å²) in [6.07, 6.45) is 0. The van der Waals surface area contributed by atoms with E-state index >= 15 is 0 Å². The maximum atomic E-state index is 5.41. The van der Waals surface area contributed by atoms with Crippen LogP contribution >= 0.6 is 0 Å². The Morgan fingerprint density at radius 1 is 0.923 bits per heavy atom. The van der Waals surface area contributed by atoms with E-state index in [4.69, 9.17) is 9.68 Å². The maximum Gasteiger partial charge on any atom is 0.0734 e. The zero-order valence-electron chi connectivity index (χ0n) is 9.54. The molecule has 3 nitrogen and oxygen atoms in total. The molecule has 0 N–H and O–H groups in total. The number of hydrogen-bond donors (Lipinski definition) is 0. The molecule has 0 aliphatic rings. The van der Waals surface area contributed by atoms with E-state index in [0.717, 1.165) is 6.54 Å². The molecular weight excluding hydrogens is 166 g/mol. The van der Waals surface area contributed by atoms with Gasteiger partial charge in [0.15, 0.2) is 0 Å². The first-order valence-corrected chi connectivity index (χ1v) is 5.09. The Kier molecular flexibility index (Phi) is 7.23. The number of rotatable bonds is 7. The quantitative estimate of drug-likeness (QED) is 0.574. The molecule has 0 aromatic rings. The van der Waals surface area contributed by atoms with Gasteiger partial charge in [0.25, 0.3) is 0 Å². The van der Waals surface area contributed by atoms with Gasteiger partial charge in [-0.15, -0.1) is 0 Å². The highest BCUT2D eigenvalue weighted by atomic mass is 16.9. The summed E-state index contributed by atoms with van der Waals surface area (Å²) in [6, 6.07) is 0. The fourth-order valence-electron chi connectivity index (χ4n) is 0.684. The van der Waals surface area contributed by atoms with Gasteiger partial charge in [-0.2, -0.15) is 0 Å². The molecule has 0 amide bonds. The second-order valence-corrected chi connectivity index (χ2v) is 4.03. The molecule has 13 heavy (non-hydrogen) atoms. The van der Waals surface area contributed by atoms with E-state index in [9.17, 15) is 0 Å². The van der Waals surface area contributed by atoms with Crippen LogP contribution in [0.15, 0.2) is 0 Å². The molecule has 0 heterocycles. The Labute approximate surface area is 81.9 Å². The second-order valence-electron chi connectivity index (χ2n) is 4.03. The van der Waals surface area contributed by atoms with E-state index in [2.05, 4.69) is 27.7 Å². The van der Waals surface area contributed by atoms with Crippen molar-refractivity contribution in [1.82, 2.24) is 5.23 Å². The Morgan fingerprint density at radius 3 is 1.54 bits per heavy atom. The van der Waals surface area contributed by atoms with Gasteiger partial charge in [-0.25, -0.2) is 0 Å². The van der Waals surface area contributed by atoms with Crippen LogP contribution in [-0.2, 0) is 9.68 Å². The van der Waals surface area contributed by atoms with Gasteiger partial charge in [-0.1, -0.05) is 32.9 Å². The molecule has 0 spiro atoms. The van der Waals surface area contributed by atoms with Crippen LogP contribution in [0.2, 0.25) is 0 Å². The molecule has 0 unspecified atom stereocenters. The van der Waals surface area contributed by atoms with Crippen molar-refractivity contribution in [2.24, 2.45) is 11.8 Å². The lowest BCUT2D eigenvalue weighted by Gasteiger charge is -2.21. The summed E-state index contributed by atoms with van der Waals surface area (Å²) in [7, 11) is 0. The largest absolute Gasteiger partial charge is 0.274 e. The van der Waals surface area contributed by atoms with E-state index < -0.39 is 0 Å². The molecule has 0 bridgehead atoms. The van der Waals surface area contributed by atoms with Gasteiger partial charge >= 0.3 is 0 Å². The highest BCUT2D eigenvalue weighted by molar-refractivity contribution is 4.39. The van der Waals surface area contributed by atoms with Crippen LogP contribution in [0.25, 0.3) is 0 Å². The highest BCUT2D eigenvalue weighted by Crippen LogP contribution is 2.01. The molecule has 80 valence electrons. The van der Waals surface area contributed by atoms with Crippen molar-refractivity contribution in [3.63, 3.8) is 0 Å². The lowest BCUT2D eigenvalue weighted by atomic mass is 10.2. The van der Waals surface area contributed by atoms with Gasteiger partial charge < -0.3 is 0 Å². The topological polar surface area (TPSA) is 21.7 Å². The molecule has 0 radical (unpaired) electrons. The lowest BCUT2D eigenvalue weighted by Crippen LogP contribution is -2.27. The molecule has 0 aromatic carbocycles. The molecule has 0 aromatic heterocycles. The fourth-order valence-corrected chi connectivity index (χ4v) is 0.684. The zero-order chi connectivity index (χ0) is 10.3. The van der Waals surface area contributed by atoms with Crippen LogP contribution in [0.1, 0.15) is 34.6 Å². The van der Waals surface area contributed by atoms with Crippen LogP contribution < -0.4 is 0 Å². The van der Waals surface area contributed by atoms with Crippen molar-refractivity contribution in [2.75, 3.05) is 19.8 Å². The summed E-state index contributed by atoms with van der Waals surface area (Å²) in [5.41, 5.74) is 0. The van der Waals surface area contributed by atoms with E-state index in [1.807, 2.05) is 6.92 Å². The first-order valence-electron chi connectivity index (χ1n) is 5.09. The smallest absolute Gasteiger partial charge is 0.0734 e. The van der Waals surface area contributed by atoms with Gasteiger partial charge in [0, 0.05) is 6.54 Å². The molecule has 3 heteroatoms. The summed E-state index contributed by atoms with van der Waals surface area (Å²) in [5, 5.41) is 1.57. The van der Waals surface area contributed by atoms with E-state index in [0.29, 0.717) is 25.0 Å². The molecule has 0 fully saturated rings. The monoisotopic (exact) mass is 189 g/mol. The standard InChI is InChI=1S/C10H23NO2/c1-6-11(12-7-9(2)3)13-8-10(4)5/h9-10H,6-8H2,1-5H3. The van der Waals surface area contributed by atoms with Crippen molar-refractivity contribution in [2.45, 2.75) is 34.6 Å². The first-order chi connectivity index (χ1) is 6.06. The third-order valence-electron chi connectivity index (χ3n) is 1.36. The van der Waals surface area contributed by atoms with Crippen molar-refractivity contribution in [3.05, 3.63) is 0 Å². The maximum absolute atomic E-state index is 5.41. The predicted octanol–water partition coefficient (Wildman–Crippen LogP) is 2.48. The highest BCUT2D eigenvalue weighted by Gasteiger charge is 2.05. The predicted molar refractivity (Wildman–Crippen MR) is 54.0 cm³/mol. The molecule has 0 aliphatic carbocycles. The van der Waals surface area contributed by atoms with Gasteiger partial charge in [-0.3, -0.25) is 9.68 Å².